The van der Waals surface area contributed by atoms with Gasteiger partial charge in [0.05, 0.1) is 19.6 Å². The quantitative estimate of drug-likeness (QED) is 0.837. The van der Waals surface area contributed by atoms with E-state index in [0.29, 0.717) is 6.42 Å². The molecule has 0 aromatic heterocycles. The maximum absolute atomic E-state index is 12.0. The van der Waals surface area contributed by atoms with E-state index < -0.39 is 0 Å². The molecule has 1 saturated heterocycles. The van der Waals surface area contributed by atoms with E-state index >= 15 is 0 Å². The van der Waals surface area contributed by atoms with Crippen LogP contribution >= 0.6 is 0 Å². The molecule has 0 unspecified atom stereocenters. The van der Waals surface area contributed by atoms with Crippen molar-refractivity contribution >= 4 is 11.6 Å². The molecule has 0 aliphatic carbocycles. The van der Waals surface area contributed by atoms with Crippen LogP contribution in [0.5, 0.6) is 5.75 Å². The van der Waals surface area contributed by atoms with Crippen LogP contribution in [-0.4, -0.2) is 19.6 Å². The number of piperidine rings is 1. The smallest absolute Gasteiger partial charge is 0.226 e. The molecule has 0 bridgehead atoms. The highest BCUT2D eigenvalue weighted by atomic mass is 16.5. The third-order valence-corrected chi connectivity index (χ3v) is 3.48. The van der Waals surface area contributed by atoms with Gasteiger partial charge in [0.1, 0.15) is 5.75 Å². The summed E-state index contributed by atoms with van der Waals surface area (Å²) in [7, 11) is 1.62. The second kappa shape index (κ2) is 5.75. The van der Waals surface area contributed by atoms with Gasteiger partial charge in [-0.05, 0) is 43.0 Å². The number of hydrogen-bond donors (Lipinski definition) is 0. The van der Waals surface area contributed by atoms with Crippen molar-refractivity contribution in [3.63, 3.8) is 0 Å². The summed E-state index contributed by atoms with van der Waals surface area (Å²) in [5.74, 6) is 0.911. The number of hydrogen-bond acceptors (Lipinski definition) is 3. The zero-order valence-corrected chi connectivity index (χ0v) is 11.4. The van der Waals surface area contributed by atoms with Crippen LogP contribution in [0.3, 0.4) is 0 Å². The summed E-state index contributed by atoms with van der Waals surface area (Å²) in [6, 6.07) is 5.98. The minimum atomic E-state index is 0.148. The highest BCUT2D eigenvalue weighted by Gasteiger charge is 2.22. The molecule has 0 spiro atoms. The molecule has 4 heteroatoms. The van der Waals surface area contributed by atoms with Crippen molar-refractivity contribution in [1.29, 1.82) is 5.26 Å². The van der Waals surface area contributed by atoms with Crippen molar-refractivity contribution in [1.82, 2.24) is 0 Å². The minimum Gasteiger partial charge on any atom is -0.496 e. The van der Waals surface area contributed by atoms with E-state index in [0.717, 1.165) is 42.0 Å². The summed E-state index contributed by atoms with van der Waals surface area (Å²) >= 11 is 0. The van der Waals surface area contributed by atoms with E-state index in [2.05, 4.69) is 6.07 Å². The van der Waals surface area contributed by atoms with Gasteiger partial charge in [-0.3, -0.25) is 4.79 Å². The van der Waals surface area contributed by atoms with Gasteiger partial charge in [0, 0.05) is 18.7 Å². The van der Waals surface area contributed by atoms with Gasteiger partial charge in [-0.15, -0.1) is 0 Å². The normalized spacial score (nSPS) is 15.2. The molecule has 0 saturated carbocycles. The number of carbonyl (C=O) groups is 1. The summed E-state index contributed by atoms with van der Waals surface area (Å²) in [5, 5.41) is 8.95. The van der Waals surface area contributed by atoms with E-state index in [-0.39, 0.29) is 12.3 Å². The molecule has 100 valence electrons. The number of carbonyl (C=O) groups excluding carboxylic acids is 1. The number of aryl methyl sites for hydroxylation is 1. The Hall–Kier alpha value is -2.02. The molecular formula is C15H18N2O2. The molecule has 1 amide bonds. The summed E-state index contributed by atoms with van der Waals surface area (Å²) in [6.45, 7) is 2.69. The lowest BCUT2D eigenvalue weighted by molar-refractivity contribution is -0.119. The van der Waals surface area contributed by atoms with Gasteiger partial charge in [0.2, 0.25) is 5.91 Å². The predicted molar refractivity (Wildman–Crippen MR) is 73.3 cm³/mol. The third kappa shape index (κ3) is 2.70. The molecule has 1 aliphatic rings. The van der Waals surface area contributed by atoms with Crippen molar-refractivity contribution in [3.05, 3.63) is 23.3 Å². The Morgan fingerprint density at radius 2 is 2.21 bits per heavy atom. The molecule has 1 aromatic carbocycles. The lowest BCUT2D eigenvalue weighted by atomic mass is 10.0. The molecule has 1 aliphatic heterocycles. The van der Waals surface area contributed by atoms with Gasteiger partial charge in [-0.1, -0.05) is 0 Å². The maximum atomic E-state index is 12.0. The second-order valence-corrected chi connectivity index (χ2v) is 4.79. The summed E-state index contributed by atoms with van der Waals surface area (Å²) in [6.07, 6.45) is 2.85. The molecule has 1 fully saturated rings. The van der Waals surface area contributed by atoms with E-state index in [9.17, 15) is 4.79 Å². The summed E-state index contributed by atoms with van der Waals surface area (Å²) in [4.78, 5) is 13.8. The molecule has 2 rings (SSSR count). The van der Waals surface area contributed by atoms with Crippen LogP contribution in [0.25, 0.3) is 0 Å². The molecule has 0 atom stereocenters. The van der Waals surface area contributed by atoms with Gasteiger partial charge in [0.25, 0.3) is 0 Å². The number of methoxy groups -OCH3 is 1. The largest absolute Gasteiger partial charge is 0.496 e. The van der Waals surface area contributed by atoms with Crippen LogP contribution in [0.15, 0.2) is 12.1 Å². The Balaban J connectivity index is 2.45. The first-order valence-corrected chi connectivity index (χ1v) is 6.52. The first-order valence-electron chi connectivity index (χ1n) is 6.52. The van der Waals surface area contributed by atoms with Crippen molar-refractivity contribution in [2.75, 3.05) is 18.6 Å². The number of amides is 1. The van der Waals surface area contributed by atoms with Crippen LogP contribution in [0.4, 0.5) is 5.69 Å². The van der Waals surface area contributed by atoms with Crippen LogP contribution in [0.1, 0.15) is 30.4 Å². The maximum Gasteiger partial charge on any atom is 0.226 e. The average Bonchev–Trinajstić information content (AvgIpc) is 2.41. The minimum absolute atomic E-state index is 0.148. The number of ether oxygens (including phenoxy) is 1. The monoisotopic (exact) mass is 258 g/mol. The van der Waals surface area contributed by atoms with E-state index in [4.69, 9.17) is 10.00 Å². The SMILES string of the molecule is COc1cc(CC#N)c(N2CCCCC2=O)cc1C. The lowest BCUT2D eigenvalue weighted by Crippen LogP contribution is -2.35. The molecule has 1 heterocycles. The fraction of sp³-hybridized carbons (Fsp3) is 0.467. The van der Waals surface area contributed by atoms with Crippen molar-refractivity contribution < 1.29 is 9.53 Å². The van der Waals surface area contributed by atoms with Crippen molar-refractivity contribution in [2.24, 2.45) is 0 Å². The molecule has 4 nitrogen and oxygen atoms in total. The number of benzene rings is 1. The van der Waals surface area contributed by atoms with Gasteiger partial charge in [-0.2, -0.15) is 5.26 Å². The molecule has 19 heavy (non-hydrogen) atoms. The Morgan fingerprint density at radius 3 is 2.84 bits per heavy atom. The Labute approximate surface area is 113 Å². The van der Waals surface area contributed by atoms with E-state index in [1.807, 2.05) is 24.0 Å². The Morgan fingerprint density at radius 1 is 1.42 bits per heavy atom. The summed E-state index contributed by atoms with van der Waals surface area (Å²) in [5.41, 5.74) is 2.71. The number of anilines is 1. The van der Waals surface area contributed by atoms with Crippen LogP contribution in [0, 0.1) is 18.3 Å². The second-order valence-electron chi connectivity index (χ2n) is 4.79. The topological polar surface area (TPSA) is 53.3 Å². The van der Waals surface area contributed by atoms with E-state index in [1.54, 1.807) is 7.11 Å². The molecular weight excluding hydrogens is 240 g/mol. The Bertz CT molecular complexity index is 532. The van der Waals surface area contributed by atoms with Crippen LogP contribution in [0.2, 0.25) is 0 Å². The molecule has 0 radical (unpaired) electrons. The van der Waals surface area contributed by atoms with E-state index in [1.165, 1.54) is 0 Å². The highest BCUT2D eigenvalue weighted by molar-refractivity contribution is 5.95. The predicted octanol–water partition coefficient (Wildman–Crippen LogP) is 2.59. The van der Waals surface area contributed by atoms with Crippen molar-refractivity contribution in [2.45, 2.75) is 32.6 Å². The summed E-state index contributed by atoms with van der Waals surface area (Å²) < 4.78 is 5.29. The molecule has 1 aromatic rings. The average molecular weight is 258 g/mol. The van der Waals surface area contributed by atoms with Crippen LogP contribution < -0.4 is 9.64 Å². The van der Waals surface area contributed by atoms with Gasteiger partial charge >= 0.3 is 0 Å². The first-order chi connectivity index (χ1) is 9.17. The van der Waals surface area contributed by atoms with Crippen molar-refractivity contribution in [3.8, 4) is 11.8 Å². The fourth-order valence-corrected chi connectivity index (χ4v) is 2.47. The van der Waals surface area contributed by atoms with Gasteiger partial charge < -0.3 is 9.64 Å². The van der Waals surface area contributed by atoms with Gasteiger partial charge in [-0.25, -0.2) is 0 Å². The molecule has 0 N–H and O–H groups in total. The zero-order valence-electron chi connectivity index (χ0n) is 11.4. The Kier molecular flexibility index (Phi) is 4.06. The number of nitriles is 1. The highest BCUT2D eigenvalue weighted by Crippen LogP contribution is 2.31. The number of rotatable bonds is 3. The fourth-order valence-electron chi connectivity index (χ4n) is 2.47. The van der Waals surface area contributed by atoms with Gasteiger partial charge in [0.15, 0.2) is 0 Å². The van der Waals surface area contributed by atoms with Crippen LogP contribution in [-0.2, 0) is 11.2 Å². The zero-order chi connectivity index (χ0) is 13.8. The third-order valence-electron chi connectivity index (χ3n) is 3.48. The number of nitrogens with zero attached hydrogens (tertiary/aromatic N) is 2. The lowest BCUT2D eigenvalue weighted by Gasteiger charge is -2.29. The standard InChI is InChI=1S/C15H18N2O2/c1-11-9-13(17-8-4-3-5-15(17)18)12(6-7-16)10-14(11)19-2/h9-10H,3-6,8H2,1-2H3. The first kappa shape index (κ1) is 13.4.